The molecule has 0 N–H and O–H groups in total. The van der Waals surface area contributed by atoms with Crippen molar-refractivity contribution in [1.29, 1.82) is 0 Å². The van der Waals surface area contributed by atoms with E-state index >= 15 is 0 Å². The van der Waals surface area contributed by atoms with Crippen LogP contribution in [0.25, 0.3) is 0 Å². The Kier molecular flexibility index (Phi) is 5.34. The van der Waals surface area contributed by atoms with Gasteiger partial charge in [-0.2, -0.15) is 0 Å². The molecule has 4 nitrogen and oxygen atoms in total. The second-order valence-electron chi connectivity index (χ2n) is 6.38. The van der Waals surface area contributed by atoms with Gasteiger partial charge in [0.2, 0.25) is 0 Å². The number of methoxy groups -OCH3 is 1. The molecule has 0 spiro atoms. The number of aryl methyl sites for hydroxylation is 1. The van der Waals surface area contributed by atoms with E-state index in [1.54, 1.807) is 24.1 Å². The molecule has 1 aliphatic rings. The lowest BCUT2D eigenvalue weighted by atomic mass is 10.1. The number of amides is 1. The summed E-state index contributed by atoms with van der Waals surface area (Å²) < 4.78 is 18.6. The molecule has 0 aliphatic carbocycles. The summed E-state index contributed by atoms with van der Waals surface area (Å²) in [5.41, 5.74) is 2.78. The molecule has 1 aliphatic heterocycles. The van der Waals surface area contributed by atoms with Gasteiger partial charge < -0.3 is 9.64 Å². The van der Waals surface area contributed by atoms with Crippen molar-refractivity contribution < 1.29 is 13.9 Å². The van der Waals surface area contributed by atoms with Gasteiger partial charge in [0.05, 0.1) is 7.11 Å². The quantitative estimate of drug-likeness (QED) is 0.856. The summed E-state index contributed by atoms with van der Waals surface area (Å²) in [4.78, 5) is 16.6. The van der Waals surface area contributed by atoms with Gasteiger partial charge in [-0.05, 0) is 42.3 Å². The molecule has 0 bridgehead atoms. The third-order valence-electron chi connectivity index (χ3n) is 4.60. The van der Waals surface area contributed by atoms with Gasteiger partial charge in [0, 0.05) is 38.3 Å². The Bertz CT molecular complexity index is 755. The zero-order valence-corrected chi connectivity index (χ0v) is 14.7. The largest absolute Gasteiger partial charge is 0.496 e. The molecule has 0 unspecified atom stereocenters. The Balaban J connectivity index is 1.56. The van der Waals surface area contributed by atoms with Gasteiger partial charge in [0.25, 0.3) is 5.91 Å². The molecule has 1 saturated heterocycles. The summed E-state index contributed by atoms with van der Waals surface area (Å²) in [5, 5.41) is 0. The molecule has 25 heavy (non-hydrogen) atoms. The van der Waals surface area contributed by atoms with Gasteiger partial charge in [-0.3, -0.25) is 9.69 Å². The molecule has 1 fully saturated rings. The maximum absolute atomic E-state index is 13.3. The van der Waals surface area contributed by atoms with Gasteiger partial charge in [0.15, 0.2) is 0 Å². The summed E-state index contributed by atoms with van der Waals surface area (Å²) >= 11 is 0. The predicted molar refractivity (Wildman–Crippen MR) is 95.3 cm³/mol. The van der Waals surface area contributed by atoms with E-state index in [2.05, 4.69) is 17.0 Å². The molecule has 5 heteroatoms. The Morgan fingerprint density at radius 3 is 2.52 bits per heavy atom. The molecule has 0 aromatic heterocycles. The van der Waals surface area contributed by atoms with Gasteiger partial charge >= 0.3 is 0 Å². The van der Waals surface area contributed by atoms with E-state index in [9.17, 15) is 9.18 Å². The highest BCUT2D eigenvalue weighted by Gasteiger charge is 2.22. The highest BCUT2D eigenvalue weighted by Crippen LogP contribution is 2.20. The summed E-state index contributed by atoms with van der Waals surface area (Å²) in [6.07, 6.45) is 0. The number of carbonyl (C=O) groups is 1. The van der Waals surface area contributed by atoms with Crippen LogP contribution in [-0.2, 0) is 6.54 Å². The number of halogens is 1. The van der Waals surface area contributed by atoms with Crippen LogP contribution >= 0.6 is 0 Å². The molecule has 1 amide bonds. The Labute approximate surface area is 147 Å². The minimum atomic E-state index is -0.376. The van der Waals surface area contributed by atoms with Crippen LogP contribution in [0.5, 0.6) is 5.75 Å². The van der Waals surface area contributed by atoms with E-state index in [0.29, 0.717) is 18.7 Å². The molecule has 132 valence electrons. The minimum Gasteiger partial charge on any atom is -0.496 e. The van der Waals surface area contributed by atoms with Crippen molar-refractivity contribution in [3.05, 3.63) is 65.0 Å². The zero-order valence-electron chi connectivity index (χ0n) is 14.7. The number of nitrogens with zero attached hydrogens (tertiary/aromatic N) is 2. The third-order valence-corrected chi connectivity index (χ3v) is 4.60. The molecular formula is C20H23FN2O2. The van der Waals surface area contributed by atoms with Gasteiger partial charge in [-0.25, -0.2) is 4.39 Å². The Morgan fingerprint density at radius 1 is 1.12 bits per heavy atom. The lowest BCUT2D eigenvalue weighted by Gasteiger charge is -2.35. The van der Waals surface area contributed by atoms with Crippen LogP contribution in [0.2, 0.25) is 0 Å². The molecule has 0 atom stereocenters. The van der Waals surface area contributed by atoms with Crippen LogP contribution in [0.4, 0.5) is 4.39 Å². The van der Waals surface area contributed by atoms with E-state index in [-0.39, 0.29) is 11.7 Å². The second kappa shape index (κ2) is 7.66. The van der Waals surface area contributed by atoms with Crippen LogP contribution in [-0.4, -0.2) is 49.0 Å². The summed E-state index contributed by atoms with van der Waals surface area (Å²) in [5.74, 6) is 0.424. The first-order chi connectivity index (χ1) is 12.1. The third kappa shape index (κ3) is 4.17. The van der Waals surface area contributed by atoms with Crippen molar-refractivity contribution >= 4 is 5.91 Å². The summed E-state index contributed by atoms with van der Waals surface area (Å²) in [6.45, 7) is 5.83. The maximum Gasteiger partial charge on any atom is 0.254 e. The highest BCUT2D eigenvalue weighted by molar-refractivity contribution is 5.94. The van der Waals surface area contributed by atoms with Crippen molar-refractivity contribution in [2.24, 2.45) is 0 Å². The monoisotopic (exact) mass is 342 g/mol. The first-order valence-corrected chi connectivity index (χ1v) is 8.47. The van der Waals surface area contributed by atoms with Crippen molar-refractivity contribution in [1.82, 2.24) is 9.80 Å². The van der Waals surface area contributed by atoms with Gasteiger partial charge in [-0.15, -0.1) is 0 Å². The van der Waals surface area contributed by atoms with E-state index in [1.165, 1.54) is 17.7 Å². The Morgan fingerprint density at radius 2 is 1.88 bits per heavy atom. The first-order valence-electron chi connectivity index (χ1n) is 8.47. The van der Waals surface area contributed by atoms with Crippen molar-refractivity contribution in [3.63, 3.8) is 0 Å². The predicted octanol–water partition coefficient (Wildman–Crippen LogP) is 3.10. The lowest BCUT2D eigenvalue weighted by molar-refractivity contribution is 0.0628. The number of benzene rings is 2. The number of rotatable bonds is 4. The van der Waals surface area contributed by atoms with Crippen molar-refractivity contribution in [2.75, 3.05) is 33.3 Å². The van der Waals surface area contributed by atoms with Crippen LogP contribution in [0.1, 0.15) is 21.5 Å². The SMILES string of the molecule is COc1ccc(CN2CCN(C(=O)c3cccc(F)c3)CC2)cc1C. The summed E-state index contributed by atoms with van der Waals surface area (Å²) in [6, 6.07) is 12.1. The van der Waals surface area contributed by atoms with Crippen LogP contribution in [0.3, 0.4) is 0 Å². The number of carbonyl (C=O) groups excluding carboxylic acids is 1. The van der Waals surface area contributed by atoms with E-state index in [0.717, 1.165) is 30.9 Å². The highest BCUT2D eigenvalue weighted by atomic mass is 19.1. The zero-order chi connectivity index (χ0) is 17.8. The van der Waals surface area contributed by atoms with Crippen molar-refractivity contribution in [3.8, 4) is 5.75 Å². The number of hydrogen-bond donors (Lipinski definition) is 0. The van der Waals surface area contributed by atoms with E-state index < -0.39 is 0 Å². The van der Waals surface area contributed by atoms with Crippen LogP contribution in [0, 0.1) is 12.7 Å². The smallest absolute Gasteiger partial charge is 0.254 e. The van der Waals surface area contributed by atoms with Gasteiger partial charge in [0.1, 0.15) is 11.6 Å². The molecular weight excluding hydrogens is 319 g/mol. The summed E-state index contributed by atoms with van der Waals surface area (Å²) in [7, 11) is 1.68. The average molecular weight is 342 g/mol. The Hall–Kier alpha value is -2.40. The lowest BCUT2D eigenvalue weighted by Crippen LogP contribution is -2.48. The fourth-order valence-corrected chi connectivity index (χ4v) is 3.21. The van der Waals surface area contributed by atoms with Crippen LogP contribution < -0.4 is 4.74 Å². The fourth-order valence-electron chi connectivity index (χ4n) is 3.21. The van der Waals surface area contributed by atoms with Crippen molar-refractivity contribution in [2.45, 2.75) is 13.5 Å². The van der Waals surface area contributed by atoms with Crippen LogP contribution in [0.15, 0.2) is 42.5 Å². The molecule has 2 aromatic rings. The maximum atomic E-state index is 13.3. The van der Waals surface area contributed by atoms with E-state index in [4.69, 9.17) is 4.74 Å². The topological polar surface area (TPSA) is 32.8 Å². The normalized spacial score (nSPS) is 15.2. The molecule has 0 saturated carbocycles. The molecule has 2 aromatic carbocycles. The number of piperazine rings is 1. The number of ether oxygens (including phenoxy) is 1. The standard InChI is InChI=1S/C20H23FN2O2/c1-15-12-16(6-7-19(15)25-2)14-22-8-10-23(11-9-22)20(24)17-4-3-5-18(21)13-17/h3-7,12-13H,8-11,14H2,1-2H3. The molecule has 0 radical (unpaired) electrons. The average Bonchev–Trinajstić information content (AvgIpc) is 2.62. The minimum absolute atomic E-state index is 0.0977. The van der Waals surface area contributed by atoms with E-state index in [1.807, 2.05) is 13.0 Å². The second-order valence-corrected chi connectivity index (χ2v) is 6.38. The molecule has 1 heterocycles. The molecule has 3 rings (SSSR count). The van der Waals surface area contributed by atoms with Gasteiger partial charge in [-0.1, -0.05) is 18.2 Å². The fraction of sp³-hybridized carbons (Fsp3) is 0.350. The first kappa shape index (κ1) is 17.4. The number of hydrogen-bond acceptors (Lipinski definition) is 3.